The van der Waals surface area contributed by atoms with Gasteiger partial charge >= 0.3 is 19.8 Å². The first-order valence-electron chi connectivity index (χ1n) is 15.3. The van der Waals surface area contributed by atoms with Crippen LogP contribution in [0.25, 0.3) is 0 Å². The molecule has 0 aromatic carbocycles. The van der Waals surface area contributed by atoms with E-state index in [0.29, 0.717) is 12.8 Å². The number of aliphatic hydroxyl groups excluding tert-OH is 5. The smallest absolute Gasteiger partial charge is 0.462 e. The average molecular weight is 629 g/mol. The lowest BCUT2D eigenvalue weighted by atomic mass is 9.85. The molecule has 1 aliphatic rings. The van der Waals surface area contributed by atoms with E-state index in [-0.39, 0.29) is 12.8 Å². The minimum absolute atomic E-state index is 0.0507. The molecule has 6 N–H and O–H groups in total. The van der Waals surface area contributed by atoms with Gasteiger partial charge in [0.15, 0.2) is 6.10 Å². The van der Waals surface area contributed by atoms with Crippen molar-refractivity contribution in [1.29, 1.82) is 0 Å². The van der Waals surface area contributed by atoms with Gasteiger partial charge in [0.25, 0.3) is 0 Å². The molecule has 0 aromatic rings. The maximum Gasteiger partial charge on any atom is 0.472 e. The second-order valence-electron chi connectivity index (χ2n) is 11.0. The maximum atomic E-state index is 12.5. The summed E-state index contributed by atoms with van der Waals surface area (Å²) in [5, 5.41) is 49.3. The molecule has 1 rings (SSSR count). The fourth-order valence-corrected chi connectivity index (χ4v) is 5.59. The number of unbranched alkanes of at least 4 members (excludes halogenated alkanes) is 11. The van der Waals surface area contributed by atoms with Crippen molar-refractivity contribution in [2.45, 2.75) is 153 Å². The number of aliphatic hydroxyl groups is 5. The first-order chi connectivity index (χ1) is 19.9. The topological polar surface area (TPSA) is 210 Å². The Morgan fingerprint density at radius 3 is 1.62 bits per heavy atom. The maximum absolute atomic E-state index is 12.5. The van der Waals surface area contributed by atoms with E-state index in [1.54, 1.807) is 6.92 Å². The number of esters is 2. The van der Waals surface area contributed by atoms with Crippen LogP contribution in [0.2, 0.25) is 0 Å². The zero-order valence-electron chi connectivity index (χ0n) is 25.1. The van der Waals surface area contributed by atoms with Gasteiger partial charge in [-0.15, -0.1) is 0 Å². The van der Waals surface area contributed by atoms with Gasteiger partial charge in [-0.05, 0) is 12.8 Å². The van der Waals surface area contributed by atoms with Crippen LogP contribution in [0.15, 0.2) is 0 Å². The molecular weight excluding hydrogens is 575 g/mol. The summed E-state index contributed by atoms with van der Waals surface area (Å²) in [7, 11) is -5.07. The normalized spacial score (nSPS) is 26.4. The van der Waals surface area contributed by atoms with Crippen molar-refractivity contribution in [3.05, 3.63) is 0 Å². The molecule has 0 aromatic heterocycles. The third kappa shape index (κ3) is 15.5. The van der Waals surface area contributed by atoms with E-state index in [0.717, 1.165) is 19.3 Å². The number of carbonyl (C=O) groups is 2. The molecule has 8 atom stereocenters. The Balaban J connectivity index is 2.43. The van der Waals surface area contributed by atoms with Crippen LogP contribution in [0.5, 0.6) is 0 Å². The summed E-state index contributed by atoms with van der Waals surface area (Å²) in [5.74, 6) is -1.16. The number of phosphoric ester groups is 1. The first kappa shape index (κ1) is 38.9. The average Bonchev–Trinajstić information content (AvgIpc) is 2.95. The van der Waals surface area contributed by atoms with Gasteiger partial charge in [-0.25, -0.2) is 4.57 Å². The molecule has 0 amide bonds. The Kier molecular flexibility index (Phi) is 19.9. The van der Waals surface area contributed by atoms with Gasteiger partial charge in [-0.3, -0.25) is 18.6 Å². The molecule has 0 bridgehead atoms. The molecular formula is C28H53O13P. The number of carbonyl (C=O) groups excluding carboxylic acids is 2. The van der Waals surface area contributed by atoms with Gasteiger partial charge in [0.1, 0.15) is 43.2 Å². The van der Waals surface area contributed by atoms with Crippen molar-refractivity contribution >= 4 is 19.8 Å². The van der Waals surface area contributed by atoms with Crippen molar-refractivity contribution in [1.82, 2.24) is 0 Å². The van der Waals surface area contributed by atoms with Crippen LogP contribution < -0.4 is 0 Å². The quantitative estimate of drug-likeness (QED) is 0.0547. The first-order valence-corrected chi connectivity index (χ1v) is 16.8. The number of phosphoric acid groups is 1. The van der Waals surface area contributed by atoms with Crippen molar-refractivity contribution in [3.63, 3.8) is 0 Å². The molecule has 0 aliphatic heterocycles. The van der Waals surface area contributed by atoms with Crippen LogP contribution in [0, 0.1) is 0 Å². The van der Waals surface area contributed by atoms with Crippen LogP contribution in [0.1, 0.15) is 110 Å². The predicted molar refractivity (Wildman–Crippen MR) is 152 cm³/mol. The third-order valence-corrected chi connectivity index (χ3v) is 8.15. The predicted octanol–water partition coefficient (Wildman–Crippen LogP) is 2.65. The number of hydrogen-bond donors (Lipinski definition) is 6. The summed E-state index contributed by atoms with van der Waals surface area (Å²) in [5.41, 5.74) is 0. The highest BCUT2D eigenvalue weighted by atomic mass is 31.2. The molecule has 13 nitrogen and oxygen atoms in total. The van der Waals surface area contributed by atoms with Crippen LogP contribution in [-0.4, -0.2) is 98.3 Å². The Morgan fingerprint density at radius 1 is 0.643 bits per heavy atom. The van der Waals surface area contributed by atoms with Crippen molar-refractivity contribution in [2.24, 2.45) is 0 Å². The summed E-state index contributed by atoms with van der Waals surface area (Å²) in [6.45, 7) is 2.78. The molecule has 0 heterocycles. The lowest BCUT2D eigenvalue weighted by molar-refractivity contribution is -0.220. The SMILES string of the molecule is CCCCCCCCCCCCCCC(=O)OC[C@H](COP(=O)(O)OC1[C@H](O)[C@H](O)C(O)[C@H](O)[C@H]1O)OC(=O)CCC. The molecule has 14 heteroatoms. The zero-order chi connectivity index (χ0) is 31.5. The number of hydrogen-bond acceptors (Lipinski definition) is 12. The Hall–Kier alpha value is -1.15. The summed E-state index contributed by atoms with van der Waals surface area (Å²) < 4.78 is 32.5. The van der Waals surface area contributed by atoms with E-state index in [1.165, 1.54) is 51.4 Å². The second kappa shape index (κ2) is 21.5. The van der Waals surface area contributed by atoms with Crippen molar-refractivity contribution < 1.29 is 63.1 Å². The third-order valence-electron chi connectivity index (χ3n) is 7.17. The fraction of sp³-hybridized carbons (Fsp3) is 0.929. The minimum atomic E-state index is -5.07. The van der Waals surface area contributed by atoms with E-state index in [2.05, 4.69) is 6.92 Å². The summed E-state index contributed by atoms with van der Waals surface area (Å²) in [6, 6.07) is 0. The molecule has 0 spiro atoms. The Morgan fingerprint density at radius 2 is 1.12 bits per heavy atom. The summed E-state index contributed by atoms with van der Waals surface area (Å²) >= 11 is 0. The van der Waals surface area contributed by atoms with Gasteiger partial charge in [0.05, 0.1) is 6.61 Å². The molecule has 1 fully saturated rings. The minimum Gasteiger partial charge on any atom is -0.462 e. The Bertz CT molecular complexity index is 782. The van der Waals surface area contributed by atoms with Crippen LogP contribution in [0.3, 0.4) is 0 Å². The van der Waals surface area contributed by atoms with Gasteiger partial charge in [-0.1, -0.05) is 84.5 Å². The van der Waals surface area contributed by atoms with Crippen molar-refractivity contribution in [2.75, 3.05) is 13.2 Å². The van der Waals surface area contributed by atoms with Gasteiger partial charge in [-0.2, -0.15) is 0 Å². The highest BCUT2D eigenvalue weighted by molar-refractivity contribution is 7.47. The monoisotopic (exact) mass is 628 g/mol. The number of ether oxygens (including phenoxy) is 2. The Labute approximate surface area is 249 Å². The van der Waals surface area contributed by atoms with E-state index >= 15 is 0 Å². The van der Waals surface area contributed by atoms with E-state index in [1.807, 2.05) is 0 Å². The van der Waals surface area contributed by atoms with Gasteiger partial charge < -0.3 is 39.9 Å². The van der Waals surface area contributed by atoms with Crippen LogP contribution in [-0.2, 0) is 32.7 Å². The standard InChI is InChI=1S/C28H53O13P/c1-3-5-6-7-8-9-10-11-12-13-14-15-17-21(29)38-18-20(40-22(30)16-4-2)19-39-42(36,37)41-28-26(34)24(32)23(31)25(33)27(28)35/h20,23-28,31-35H,3-19H2,1-2H3,(H,36,37)/t20-,23?,24-,25+,26-,27-,28?/m1/s1. The molecule has 248 valence electrons. The largest absolute Gasteiger partial charge is 0.472 e. The molecule has 0 radical (unpaired) electrons. The fourth-order valence-electron chi connectivity index (χ4n) is 4.62. The van der Waals surface area contributed by atoms with Crippen molar-refractivity contribution in [3.8, 4) is 0 Å². The zero-order valence-corrected chi connectivity index (χ0v) is 25.9. The van der Waals surface area contributed by atoms with Gasteiger partial charge in [0.2, 0.25) is 0 Å². The van der Waals surface area contributed by atoms with Gasteiger partial charge in [0, 0.05) is 12.8 Å². The molecule has 1 aliphatic carbocycles. The second-order valence-corrected chi connectivity index (χ2v) is 12.4. The molecule has 42 heavy (non-hydrogen) atoms. The van der Waals surface area contributed by atoms with E-state index < -0.39 is 75.7 Å². The molecule has 1 saturated carbocycles. The molecule has 3 unspecified atom stereocenters. The summed E-state index contributed by atoms with van der Waals surface area (Å²) in [4.78, 5) is 34.3. The lowest BCUT2D eigenvalue weighted by Crippen LogP contribution is -2.64. The van der Waals surface area contributed by atoms with E-state index in [4.69, 9.17) is 18.5 Å². The highest BCUT2D eigenvalue weighted by Gasteiger charge is 2.51. The molecule has 0 saturated heterocycles. The van der Waals surface area contributed by atoms with Crippen LogP contribution in [0.4, 0.5) is 0 Å². The van der Waals surface area contributed by atoms with Crippen LogP contribution >= 0.6 is 7.82 Å². The van der Waals surface area contributed by atoms with E-state index in [9.17, 15) is 44.6 Å². The lowest BCUT2D eigenvalue weighted by Gasteiger charge is -2.41. The summed E-state index contributed by atoms with van der Waals surface area (Å²) in [6.07, 6.45) is 1.38. The highest BCUT2D eigenvalue weighted by Crippen LogP contribution is 2.47. The number of rotatable bonds is 23.